The number of ether oxygens (including phenoxy) is 1. The van der Waals surface area contributed by atoms with Crippen LogP contribution in [0.5, 0.6) is 5.75 Å². The molecular formula is C25H27N3O4S. The molecule has 8 heteroatoms. The Kier molecular flexibility index (Phi) is 7.34. The number of nitro groups is 1. The topological polar surface area (TPSA) is 85.6 Å². The van der Waals surface area contributed by atoms with Crippen molar-refractivity contribution in [3.63, 3.8) is 0 Å². The molecule has 0 bridgehead atoms. The molecule has 2 atom stereocenters. The van der Waals surface area contributed by atoms with Crippen LogP contribution in [0.15, 0.2) is 61.2 Å². The Labute approximate surface area is 196 Å². The van der Waals surface area contributed by atoms with E-state index in [4.69, 9.17) is 9.72 Å². The van der Waals surface area contributed by atoms with Crippen molar-refractivity contribution in [2.24, 2.45) is 5.92 Å². The first kappa shape index (κ1) is 22.9. The number of carbonyl (C=O) groups is 1. The molecule has 1 aliphatic rings. The van der Waals surface area contributed by atoms with E-state index in [0.717, 1.165) is 47.6 Å². The number of fused-ring (bicyclic) bond motifs is 1. The third kappa shape index (κ3) is 5.39. The van der Waals surface area contributed by atoms with Gasteiger partial charge < -0.3 is 9.64 Å². The SMILES string of the molecule is C=C[C@H](CCOc1ccc([N+](=O)[O-])cc1)[C@H](C(=O)N1CCCCC1)c1nc2ccccc2s1. The summed E-state index contributed by atoms with van der Waals surface area (Å²) in [4.78, 5) is 30.8. The van der Waals surface area contributed by atoms with E-state index in [1.807, 2.05) is 35.2 Å². The Morgan fingerprint density at radius 3 is 2.58 bits per heavy atom. The number of non-ortho nitro benzene ring substituents is 1. The summed E-state index contributed by atoms with van der Waals surface area (Å²) in [5.41, 5.74) is 0.924. The van der Waals surface area contributed by atoms with E-state index in [2.05, 4.69) is 6.58 Å². The number of allylic oxidation sites excluding steroid dienone is 1. The number of carbonyl (C=O) groups excluding carboxylic acids is 1. The minimum atomic E-state index is -0.438. The van der Waals surface area contributed by atoms with Crippen LogP contribution in [-0.4, -0.2) is 40.4 Å². The molecule has 0 unspecified atom stereocenters. The lowest BCUT2D eigenvalue weighted by Gasteiger charge is -2.32. The average molecular weight is 466 g/mol. The fourth-order valence-electron chi connectivity index (χ4n) is 4.20. The quantitative estimate of drug-likeness (QED) is 0.234. The molecule has 172 valence electrons. The molecule has 0 N–H and O–H groups in total. The smallest absolute Gasteiger partial charge is 0.269 e. The predicted molar refractivity (Wildman–Crippen MR) is 130 cm³/mol. The average Bonchev–Trinajstić information content (AvgIpc) is 3.27. The number of hydrogen-bond acceptors (Lipinski definition) is 6. The van der Waals surface area contributed by atoms with E-state index in [1.54, 1.807) is 23.5 Å². The molecule has 1 amide bonds. The molecule has 2 heterocycles. The third-order valence-corrected chi connectivity index (χ3v) is 7.13. The molecular weight excluding hydrogens is 438 g/mol. The summed E-state index contributed by atoms with van der Waals surface area (Å²) >= 11 is 1.56. The van der Waals surface area contributed by atoms with Crippen LogP contribution in [-0.2, 0) is 4.79 Å². The van der Waals surface area contributed by atoms with Crippen molar-refractivity contribution in [2.75, 3.05) is 19.7 Å². The standard InChI is InChI=1S/C25H27N3O4S/c1-2-18(14-17-32-20-12-10-19(11-13-20)28(30)31)23(25(29)27-15-6-3-7-16-27)24-26-21-8-4-5-9-22(21)33-24/h2,4-5,8-13,18,23H,1,3,6-7,14-17H2/t18-,23+/m1/s1. The molecule has 2 aromatic carbocycles. The van der Waals surface area contributed by atoms with Gasteiger partial charge in [-0.05, 0) is 55.9 Å². The molecule has 0 aliphatic carbocycles. The predicted octanol–water partition coefficient (Wildman–Crippen LogP) is 5.57. The molecule has 4 rings (SSSR count). The summed E-state index contributed by atoms with van der Waals surface area (Å²) in [7, 11) is 0. The number of aromatic nitrogens is 1. The molecule has 33 heavy (non-hydrogen) atoms. The zero-order valence-corrected chi connectivity index (χ0v) is 19.2. The van der Waals surface area contributed by atoms with Crippen molar-refractivity contribution in [1.82, 2.24) is 9.88 Å². The highest BCUT2D eigenvalue weighted by Crippen LogP contribution is 2.36. The number of hydrogen-bond donors (Lipinski definition) is 0. The third-order valence-electron chi connectivity index (χ3n) is 6.01. The highest BCUT2D eigenvalue weighted by Gasteiger charge is 2.34. The van der Waals surface area contributed by atoms with Crippen molar-refractivity contribution in [3.05, 3.63) is 76.3 Å². The van der Waals surface area contributed by atoms with Gasteiger partial charge in [-0.2, -0.15) is 0 Å². The monoisotopic (exact) mass is 465 g/mol. The number of thiazole rings is 1. The van der Waals surface area contributed by atoms with Gasteiger partial charge in [0, 0.05) is 25.2 Å². The maximum atomic E-state index is 13.7. The van der Waals surface area contributed by atoms with Gasteiger partial charge in [-0.1, -0.05) is 18.2 Å². The number of nitrogens with zero attached hydrogens (tertiary/aromatic N) is 3. The van der Waals surface area contributed by atoms with Gasteiger partial charge in [-0.15, -0.1) is 17.9 Å². The summed E-state index contributed by atoms with van der Waals surface area (Å²) in [6.07, 6.45) is 5.63. The van der Waals surface area contributed by atoms with Gasteiger partial charge in [0.1, 0.15) is 10.8 Å². The minimum Gasteiger partial charge on any atom is -0.494 e. The largest absolute Gasteiger partial charge is 0.494 e. The van der Waals surface area contributed by atoms with Crippen molar-refractivity contribution in [3.8, 4) is 5.75 Å². The van der Waals surface area contributed by atoms with Crippen LogP contribution in [0.4, 0.5) is 5.69 Å². The van der Waals surface area contributed by atoms with Gasteiger partial charge >= 0.3 is 0 Å². The fraction of sp³-hybridized carbons (Fsp3) is 0.360. The van der Waals surface area contributed by atoms with Crippen LogP contribution in [0.3, 0.4) is 0 Å². The highest BCUT2D eigenvalue weighted by molar-refractivity contribution is 7.18. The first-order valence-electron chi connectivity index (χ1n) is 11.2. The summed E-state index contributed by atoms with van der Waals surface area (Å²) in [6.45, 7) is 5.95. The number of benzene rings is 2. The maximum absolute atomic E-state index is 13.7. The lowest BCUT2D eigenvalue weighted by molar-refractivity contribution is -0.384. The Morgan fingerprint density at radius 2 is 1.91 bits per heavy atom. The summed E-state index contributed by atoms with van der Waals surface area (Å²) in [5.74, 6) is 0.118. The summed E-state index contributed by atoms with van der Waals surface area (Å²) < 4.78 is 6.89. The first-order chi connectivity index (χ1) is 16.1. The maximum Gasteiger partial charge on any atom is 0.269 e. The van der Waals surface area contributed by atoms with E-state index < -0.39 is 10.8 Å². The van der Waals surface area contributed by atoms with Gasteiger partial charge in [0.05, 0.1) is 27.7 Å². The number of rotatable bonds is 9. The Balaban J connectivity index is 1.52. The molecule has 0 saturated carbocycles. The molecule has 1 saturated heterocycles. The normalized spacial score (nSPS) is 15.7. The number of likely N-dealkylation sites (tertiary alicyclic amines) is 1. The lowest BCUT2D eigenvalue weighted by atomic mass is 9.88. The molecule has 1 fully saturated rings. The second-order valence-electron chi connectivity index (χ2n) is 8.17. The zero-order chi connectivity index (χ0) is 23.2. The second-order valence-corrected chi connectivity index (χ2v) is 9.23. The number of nitro benzene ring substituents is 1. The Morgan fingerprint density at radius 1 is 1.18 bits per heavy atom. The summed E-state index contributed by atoms with van der Waals surface area (Å²) in [5, 5.41) is 11.6. The number of para-hydroxylation sites is 1. The molecule has 1 aromatic heterocycles. The molecule has 7 nitrogen and oxygen atoms in total. The van der Waals surface area contributed by atoms with Crippen LogP contribution < -0.4 is 4.74 Å². The molecule has 0 spiro atoms. The van der Waals surface area contributed by atoms with Crippen molar-refractivity contribution < 1.29 is 14.5 Å². The van der Waals surface area contributed by atoms with Crippen LogP contribution in [0, 0.1) is 16.0 Å². The minimum absolute atomic E-state index is 0.0225. The van der Waals surface area contributed by atoms with Crippen LogP contribution in [0.2, 0.25) is 0 Å². The molecule has 3 aromatic rings. The van der Waals surface area contributed by atoms with E-state index in [1.165, 1.54) is 12.1 Å². The first-order valence-corrected chi connectivity index (χ1v) is 12.0. The highest BCUT2D eigenvalue weighted by atomic mass is 32.1. The molecule has 0 radical (unpaired) electrons. The van der Waals surface area contributed by atoms with Crippen molar-refractivity contribution >= 4 is 33.1 Å². The number of amides is 1. The van der Waals surface area contributed by atoms with Gasteiger partial charge in [0.15, 0.2) is 0 Å². The van der Waals surface area contributed by atoms with E-state index in [0.29, 0.717) is 18.8 Å². The lowest BCUT2D eigenvalue weighted by Crippen LogP contribution is -2.41. The second kappa shape index (κ2) is 10.6. The fourth-order valence-corrected chi connectivity index (χ4v) is 5.34. The van der Waals surface area contributed by atoms with Gasteiger partial charge in [-0.3, -0.25) is 14.9 Å². The Bertz CT molecular complexity index is 1090. The van der Waals surface area contributed by atoms with E-state index in [9.17, 15) is 14.9 Å². The number of piperidine rings is 1. The van der Waals surface area contributed by atoms with Gasteiger partial charge in [0.25, 0.3) is 5.69 Å². The van der Waals surface area contributed by atoms with Crippen molar-refractivity contribution in [2.45, 2.75) is 31.6 Å². The van der Waals surface area contributed by atoms with Gasteiger partial charge in [0.2, 0.25) is 5.91 Å². The Hall–Kier alpha value is -3.26. The zero-order valence-electron chi connectivity index (χ0n) is 18.4. The molecule has 1 aliphatic heterocycles. The van der Waals surface area contributed by atoms with Crippen LogP contribution in [0.25, 0.3) is 10.2 Å². The van der Waals surface area contributed by atoms with Gasteiger partial charge in [-0.25, -0.2) is 4.98 Å². The van der Waals surface area contributed by atoms with E-state index >= 15 is 0 Å². The summed E-state index contributed by atoms with van der Waals surface area (Å²) in [6, 6.07) is 14.0. The van der Waals surface area contributed by atoms with E-state index in [-0.39, 0.29) is 17.5 Å². The van der Waals surface area contributed by atoms with Crippen molar-refractivity contribution in [1.29, 1.82) is 0 Å². The van der Waals surface area contributed by atoms with Crippen LogP contribution >= 0.6 is 11.3 Å². The van der Waals surface area contributed by atoms with Crippen LogP contribution in [0.1, 0.15) is 36.6 Å².